The number of benzene rings is 3. The number of carbonyl (C=O) groups excluding carboxylic acids is 2. The summed E-state index contributed by atoms with van der Waals surface area (Å²) in [7, 11) is 0. The van der Waals surface area contributed by atoms with E-state index in [1.165, 1.54) is 11.1 Å². The van der Waals surface area contributed by atoms with Crippen molar-refractivity contribution in [2.75, 3.05) is 5.01 Å². The Labute approximate surface area is 197 Å². The summed E-state index contributed by atoms with van der Waals surface area (Å²) in [4.78, 5) is 25.1. The Bertz CT molecular complexity index is 1160. The van der Waals surface area contributed by atoms with Crippen molar-refractivity contribution in [1.82, 2.24) is 5.43 Å². The summed E-state index contributed by atoms with van der Waals surface area (Å²) < 4.78 is 6.44. The zero-order valence-electron chi connectivity index (χ0n) is 15.9. The minimum atomic E-state index is -0.482. The number of amides is 2. The van der Waals surface area contributed by atoms with Gasteiger partial charge in [-0.15, -0.1) is 0 Å². The topological polar surface area (TPSA) is 58.6 Å². The number of hydrogen-bond donors (Lipinski definition) is 1. The third-order valence-corrected chi connectivity index (χ3v) is 5.66. The first-order chi connectivity index (χ1) is 14.9. The maximum atomic E-state index is 12.7. The molecule has 2 amide bonds. The van der Waals surface area contributed by atoms with E-state index in [-0.39, 0.29) is 5.57 Å². The number of nitrogens with zero attached hydrogens (tertiary/aromatic N) is 1. The number of anilines is 1. The van der Waals surface area contributed by atoms with Crippen LogP contribution in [0.4, 0.5) is 5.69 Å². The Morgan fingerprint density at radius 3 is 2.39 bits per heavy atom. The van der Waals surface area contributed by atoms with Gasteiger partial charge in [0.2, 0.25) is 0 Å². The monoisotopic (exact) mass is 516 g/mol. The number of hydrogen-bond acceptors (Lipinski definition) is 3. The second-order valence-electron chi connectivity index (χ2n) is 6.70. The highest BCUT2D eigenvalue weighted by molar-refractivity contribution is 9.10. The largest absolute Gasteiger partial charge is 0.486 e. The Balaban J connectivity index is 1.55. The normalized spacial score (nSPS) is 14.8. The number of halogens is 3. The molecule has 0 unspecified atom stereocenters. The van der Waals surface area contributed by atoms with Crippen LogP contribution in [0.5, 0.6) is 5.75 Å². The van der Waals surface area contributed by atoms with Gasteiger partial charge in [0.05, 0.1) is 15.2 Å². The van der Waals surface area contributed by atoms with Crippen LogP contribution in [-0.2, 0) is 16.2 Å². The Hall–Kier alpha value is -2.80. The quantitative estimate of drug-likeness (QED) is 0.344. The number of nitrogens with one attached hydrogen (secondary N) is 1. The van der Waals surface area contributed by atoms with Crippen molar-refractivity contribution in [3.05, 3.63) is 97.9 Å². The van der Waals surface area contributed by atoms with Crippen molar-refractivity contribution < 1.29 is 14.3 Å². The number of carbonyl (C=O) groups is 2. The molecule has 0 radical (unpaired) electrons. The second kappa shape index (κ2) is 9.14. The van der Waals surface area contributed by atoms with Crippen molar-refractivity contribution in [1.29, 1.82) is 0 Å². The molecule has 1 aliphatic rings. The van der Waals surface area contributed by atoms with E-state index in [1.807, 2.05) is 18.2 Å². The van der Waals surface area contributed by atoms with Crippen molar-refractivity contribution in [3.8, 4) is 5.75 Å². The van der Waals surface area contributed by atoms with Gasteiger partial charge in [-0.2, -0.15) is 0 Å². The third-order valence-electron chi connectivity index (χ3n) is 4.53. The summed E-state index contributed by atoms with van der Waals surface area (Å²) in [5.41, 5.74) is 4.69. The number of ether oxygens (including phenoxy) is 1. The van der Waals surface area contributed by atoms with Gasteiger partial charge in [-0.25, -0.2) is 5.01 Å². The lowest BCUT2D eigenvalue weighted by molar-refractivity contribution is -0.117. The molecule has 1 saturated heterocycles. The van der Waals surface area contributed by atoms with Crippen LogP contribution in [0.25, 0.3) is 6.08 Å². The Morgan fingerprint density at radius 2 is 1.71 bits per heavy atom. The fourth-order valence-corrected chi connectivity index (χ4v) is 4.13. The van der Waals surface area contributed by atoms with E-state index in [0.717, 1.165) is 5.56 Å². The maximum Gasteiger partial charge on any atom is 0.282 e. The molecule has 1 heterocycles. The van der Waals surface area contributed by atoms with E-state index < -0.39 is 11.8 Å². The van der Waals surface area contributed by atoms with E-state index in [4.69, 9.17) is 27.9 Å². The molecule has 3 aromatic carbocycles. The van der Waals surface area contributed by atoms with Gasteiger partial charge in [-0.1, -0.05) is 53.5 Å². The van der Waals surface area contributed by atoms with Crippen LogP contribution in [-0.4, -0.2) is 11.8 Å². The molecule has 1 aliphatic heterocycles. The number of para-hydroxylation sites is 1. The van der Waals surface area contributed by atoms with Crippen LogP contribution in [0.2, 0.25) is 10.0 Å². The van der Waals surface area contributed by atoms with E-state index in [1.54, 1.807) is 48.5 Å². The molecule has 0 aromatic heterocycles. The molecule has 0 atom stereocenters. The summed E-state index contributed by atoms with van der Waals surface area (Å²) in [5.74, 6) is -0.456. The van der Waals surface area contributed by atoms with E-state index in [2.05, 4.69) is 21.4 Å². The van der Waals surface area contributed by atoms with Crippen molar-refractivity contribution >= 4 is 62.7 Å². The molecule has 4 rings (SSSR count). The average Bonchev–Trinajstić information content (AvgIpc) is 3.03. The van der Waals surface area contributed by atoms with Gasteiger partial charge in [-0.05, 0) is 69.5 Å². The molecular weight excluding hydrogens is 503 g/mol. The van der Waals surface area contributed by atoms with Crippen LogP contribution in [0.3, 0.4) is 0 Å². The van der Waals surface area contributed by atoms with Crippen molar-refractivity contribution in [3.63, 3.8) is 0 Å². The first-order valence-electron chi connectivity index (χ1n) is 9.21. The van der Waals surface area contributed by atoms with Crippen LogP contribution >= 0.6 is 39.1 Å². The van der Waals surface area contributed by atoms with E-state index in [9.17, 15) is 9.59 Å². The summed E-state index contributed by atoms with van der Waals surface area (Å²) in [6.45, 7) is 0.308. The smallest absolute Gasteiger partial charge is 0.282 e. The van der Waals surface area contributed by atoms with Crippen LogP contribution in [0.15, 0.2) is 76.8 Å². The number of rotatable bonds is 5. The lowest BCUT2D eigenvalue weighted by Gasteiger charge is -2.14. The third kappa shape index (κ3) is 4.77. The minimum absolute atomic E-state index is 0.0154. The van der Waals surface area contributed by atoms with Crippen molar-refractivity contribution in [2.45, 2.75) is 6.61 Å². The fraction of sp³-hybridized carbons (Fsp3) is 0.0435. The lowest BCUT2D eigenvalue weighted by atomic mass is 10.1. The SMILES string of the molecule is O=C1NN(c2ccccc2)C(=O)/C1=C\c1cc(Cl)c(OCc2ccc(Cl)cc2)c(Br)c1. The average molecular weight is 518 g/mol. The highest BCUT2D eigenvalue weighted by atomic mass is 79.9. The molecule has 156 valence electrons. The fourth-order valence-electron chi connectivity index (χ4n) is 3.02. The first-order valence-corrected chi connectivity index (χ1v) is 10.8. The van der Waals surface area contributed by atoms with Crippen LogP contribution in [0, 0.1) is 0 Å². The summed E-state index contributed by atoms with van der Waals surface area (Å²) in [6.07, 6.45) is 1.50. The van der Waals surface area contributed by atoms with Gasteiger partial charge < -0.3 is 4.74 Å². The highest BCUT2D eigenvalue weighted by Crippen LogP contribution is 2.36. The second-order valence-corrected chi connectivity index (χ2v) is 8.40. The predicted octanol–water partition coefficient (Wildman–Crippen LogP) is 5.80. The molecular formula is C23H15BrCl2N2O3. The lowest BCUT2D eigenvalue weighted by Crippen LogP contribution is -2.35. The minimum Gasteiger partial charge on any atom is -0.486 e. The van der Waals surface area contributed by atoms with E-state index >= 15 is 0 Å². The summed E-state index contributed by atoms with van der Waals surface area (Å²) in [6, 6.07) is 19.6. The molecule has 5 nitrogen and oxygen atoms in total. The molecule has 0 saturated carbocycles. The maximum absolute atomic E-state index is 12.7. The van der Waals surface area contributed by atoms with Gasteiger partial charge in [0.25, 0.3) is 11.8 Å². The molecule has 0 spiro atoms. The van der Waals surface area contributed by atoms with Gasteiger partial charge in [0.1, 0.15) is 12.2 Å². The van der Waals surface area contributed by atoms with Crippen LogP contribution in [0.1, 0.15) is 11.1 Å². The molecule has 1 N–H and O–H groups in total. The molecule has 0 aliphatic carbocycles. The zero-order chi connectivity index (χ0) is 22.0. The van der Waals surface area contributed by atoms with Crippen molar-refractivity contribution in [2.24, 2.45) is 0 Å². The summed E-state index contributed by atoms with van der Waals surface area (Å²) in [5, 5.41) is 2.21. The molecule has 1 fully saturated rings. The number of hydrazine groups is 1. The Morgan fingerprint density at radius 1 is 1.00 bits per heavy atom. The molecule has 3 aromatic rings. The standard InChI is InChI=1S/C23H15BrCl2N2O3/c24-19-11-15(12-20(26)21(19)31-13-14-6-8-16(25)9-7-14)10-18-22(29)27-28(23(18)30)17-4-2-1-3-5-17/h1-12H,13H2,(H,27,29)/b18-10-. The van der Waals surface area contributed by atoms with E-state index in [0.29, 0.717) is 38.1 Å². The Kier molecular flexibility index (Phi) is 6.32. The van der Waals surface area contributed by atoms with Gasteiger partial charge >= 0.3 is 0 Å². The van der Waals surface area contributed by atoms with Gasteiger partial charge in [0.15, 0.2) is 5.75 Å². The highest BCUT2D eigenvalue weighted by Gasteiger charge is 2.34. The summed E-state index contributed by atoms with van der Waals surface area (Å²) >= 11 is 15.8. The van der Waals surface area contributed by atoms with Crippen LogP contribution < -0.4 is 15.2 Å². The predicted molar refractivity (Wildman–Crippen MR) is 125 cm³/mol. The molecule has 8 heteroatoms. The molecule has 0 bridgehead atoms. The zero-order valence-corrected chi connectivity index (χ0v) is 19.0. The van der Waals surface area contributed by atoms with Gasteiger partial charge in [0, 0.05) is 5.02 Å². The first kappa shape index (κ1) is 21.4. The van der Waals surface area contributed by atoms with Gasteiger partial charge in [-0.3, -0.25) is 15.0 Å². The molecule has 31 heavy (non-hydrogen) atoms.